The zero-order chi connectivity index (χ0) is 10.3. The molecular weight excluding hydrogens is 159 g/mol. The Bertz CT molecular complexity index is 117. The quantitative estimate of drug-likeness (QED) is 0.543. The Kier molecular flexibility index (Phi) is 7.45. The van der Waals surface area contributed by atoms with Crippen molar-refractivity contribution in [3.8, 4) is 0 Å². The van der Waals surface area contributed by atoms with Crippen LogP contribution >= 0.6 is 0 Å². The Balaban J connectivity index is 3.90. The predicted molar refractivity (Wildman–Crippen MR) is 61.4 cm³/mol. The van der Waals surface area contributed by atoms with Crippen LogP contribution in [0, 0.1) is 0 Å². The molecule has 2 unspecified atom stereocenters. The summed E-state index contributed by atoms with van der Waals surface area (Å²) in [4.78, 5) is 0. The summed E-state index contributed by atoms with van der Waals surface area (Å²) in [5.41, 5.74) is 0. The van der Waals surface area contributed by atoms with E-state index in [0.717, 1.165) is 0 Å². The molecule has 0 aromatic carbocycles. The lowest BCUT2D eigenvalue weighted by Crippen LogP contribution is -2.26. The van der Waals surface area contributed by atoms with E-state index in [1.54, 1.807) is 0 Å². The van der Waals surface area contributed by atoms with Gasteiger partial charge in [0.1, 0.15) is 0 Å². The van der Waals surface area contributed by atoms with Crippen LogP contribution in [-0.2, 0) is 4.65 Å². The van der Waals surface area contributed by atoms with Gasteiger partial charge >= 0.3 is 0 Å². The summed E-state index contributed by atoms with van der Waals surface area (Å²) >= 11 is 0. The molecule has 0 spiro atoms. The molecule has 78 valence electrons. The van der Waals surface area contributed by atoms with Gasteiger partial charge in [-0.3, -0.25) is 0 Å². The molecular formula is C11H25BO. The van der Waals surface area contributed by atoms with Crippen LogP contribution in [0.15, 0.2) is 0 Å². The maximum Gasteiger partial charge on any atom is 0.298 e. The molecule has 0 aliphatic heterocycles. The highest BCUT2D eigenvalue weighted by Crippen LogP contribution is 2.28. The highest BCUT2D eigenvalue weighted by atomic mass is 16.4. The maximum atomic E-state index is 5.56. The zero-order valence-corrected chi connectivity index (χ0v) is 9.97. The second kappa shape index (κ2) is 7.43. The Morgan fingerprint density at radius 1 is 1.15 bits per heavy atom. The smallest absolute Gasteiger partial charge is 0.298 e. The van der Waals surface area contributed by atoms with Crippen molar-refractivity contribution >= 4 is 6.92 Å². The van der Waals surface area contributed by atoms with Crippen LogP contribution in [0.2, 0.25) is 11.6 Å². The van der Waals surface area contributed by atoms with Gasteiger partial charge in [-0.1, -0.05) is 53.4 Å². The fourth-order valence-electron chi connectivity index (χ4n) is 1.95. The van der Waals surface area contributed by atoms with Crippen molar-refractivity contribution in [1.82, 2.24) is 0 Å². The summed E-state index contributed by atoms with van der Waals surface area (Å²) in [6.07, 6.45) is 5.15. The largest absolute Gasteiger partial charge is 0.438 e. The molecule has 0 saturated heterocycles. The zero-order valence-electron chi connectivity index (χ0n) is 9.97. The Labute approximate surface area is 84.4 Å². The number of hydrogen-bond acceptors (Lipinski definition) is 1. The fraction of sp³-hybridized carbons (Fsp3) is 1.00. The van der Waals surface area contributed by atoms with Gasteiger partial charge in [0, 0.05) is 7.11 Å². The first kappa shape index (κ1) is 13.0. The lowest BCUT2D eigenvalue weighted by molar-refractivity contribution is 0.390. The van der Waals surface area contributed by atoms with Crippen molar-refractivity contribution in [1.29, 1.82) is 0 Å². The minimum atomic E-state index is 0.455. The van der Waals surface area contributed by atoms with E-state index in [2.05, 4.69) is 27.7 Å². The first-order valence-electron chi connectivity index (χ1n) is 5.70. The molecule has 0 heterocycles. The average Bonchev–Trinajstić information content (AvgIpc) is 2.15. The summed E-state index contributed by atoms with van der Waals surface area (Å²) < 4.78 is 5.56. The van der Waals surface area contributed by atoms with E-state index >= 15 is 0 Å². The minimum absolute atomic E-state index is 0.455. The molecule has 0 aromatic heterocycles. The molecule has 0 rings (SSSR count). The van der Waals surface area contributed by atoms with Crippen molar-refractivity contribution in [3.05, 3.63) is 0 Å². The van der Waals surface area contributed by atoms with Crippen LogP contribution in [-0.4, -0.2) is 14.0 Å². The molecule has 2 atom stereocenters. The van der Waals surface area contributed by atoms with Crippen molar-refractivity contribution in [3.63, 3.8) is 0 Å². The fourth-order valence-corrected chi connectivity index (χ4v) is 1.95. The molecule has 0 saturated carbocycles. The maximum absolute atomic E-state index is 5.56. The first-order valence-corrected chi connectivity index (χ1v) is 5.70. The lowest BCUT2D eigenvalue weighted by atomic mass is 9.46. The Morgan fingerprint density at radius 2 is 1.77 bits per heavy atom. The van der Waals surface area contributed by atoms with Crippen molar-refractivity contribution < 1.29 is 4.65 Å². The van der Waals surface area contributed by atoms with E-state index in [0.29, 0.717) is 18.6 Å². The van der Waals surface area contributed by atoms with E-state index in [4.69, 9.17) is 4.65 Å². The van der Waals surface area contributed by atoms with Gasteiger partial charge in [0.15, 0.2) is 0 Å². The van der Waals surface area contributed by atoms with E-state index in [1.165, 1.54) is 25.7 Å². The summed E-state index contributed by atoms with van der Waals surface area (Å²) in [5, 5.41) is 0. The van der Waals surface area contributed by atoms with Crippen LogP contribution in [0.1, 0.15) is 53.4 Å². The summed E-state index contributed by atoms with van der Waals surface area (Å²) in [7, 11) is 1.85. The predicted octanol–water partition coefficient (Wildman–Crippen LogP) is 4.00. The van der Waals surface area contributed by atoms with Gasteiger partial charge in [0.25, 0.3) is 6.92 Å². The average molecular weight is 184 g/mol. The summed E-state index contributed by atoms with van der Waals surface area (Å²) in [6, 6.07) is 0. The van der Waals surface area contributed by atoms with Crippen molar-refractivity contribution in [2.45, 2.75) is 65.0 Å². The van der Waals surface area contributed by atoms with Gasteiger partial charge in [0.05, 0.1) is 0 Å². The molecule has 0 amide bonds. The highest BCUT2D eigenvalue weighted by Gasteiger charge is 2.27. The van der Waals surface area contributed by atoms with Crippen LogP contribution < -0.4 is 0 Å². The number of rotatable bonds is 7. The topological polar surface area (TPSA) is 9.23 Å². The van der Waals surface area contributed by atoms with E-state index in [1.807, 2.05) is 7.11 Å². The van der Waals surface area contributed by atoms with Crippen molar-refractivity contribution in [2.75, 3.05) is 7.11 Å². The van der Waals surface area contributed by atoms with Gasteiger partial charge in [-0.05, 0) is 11.6 Å². The van der Waals surface area contributed by atoms with E-state index in [-0.39, 0.29) is 0 Å². The lowest BCUT2D eigenvalue weighted by Gasteiger charge is -2.23. The number of unbranched alkanes of at least 4 members (excludes halogenated alkanes) is 1. The third-order valence-electron chi connectivity index (χ3n) is 3.05. The molecule has 2 heteroatoms. The third-order valence-corrected chi connectivity index (χ3v) is 3.05. The molecule has 13 heavy (non-hydrogen) atoms. The van der Waals surface area contributed by atoms with Gasteiger partial charge < -0.3 is 4.65 Å². The SMILES string of the molecule is CCCCC(C)B(OC)C(C)CC. The highest BCUT2D eigenvalue weighted by molar-refractivity contribution is 6.55. The standard InChI is InChI=1S/C11H25BO/c1-6-8-9-11(4)12(13-5)10(3)7-2/h10-11H,6-9H2,1-5H3. The van der Waals surface area contributed by atoms with E-state index in [9.17, 15) is 0 Å². The Hall–Kier alpha value is 0.0249. The second-order valence-electron chi connectivity index (χ2n) is 4.21. The molecule has 0 fully saturated rings. The summed E-state index contributed by atoms with van der Waals surface area (Å²) in [5.74, 6) is 1.40. The summed E-state index contributed by atoms with van der Waals surface area (Å²) in [6.45, 7) is 9.55. The second-order valence-corrected chi connectivity index (χ2v) is 4.21. The van der Waals surface area contributed by atoms with Gasteiger partial charge in [-0.2, -0.15) is 0 Å². The molecule has 0 bridgehead atoms. The van der Waals surface area contributed by atoms with Gasteiger partial charge in [-0.15, -0.1) is 0 Å². The Morgan fingerprint density at radius 3 is 2.15 bits per heavy atom. The van der Waals surface area contributed by atoms with Gasteiger partial charge in [0.2, 0.25) is 0 Å². The molecule has 0 aliphatic carbocycles. The van der Waals surface area contributed by atoms with Crippen LogP contribution in [0.3, 0.4) is 0 Å². The molecule has 0 aliphatic rings. The first-order chi connectivity index (χ1) is 6.17. The van der Waals surface area contributed by atoms with Crippen LogP contribution in [0.4, 0.5) is 0 Å². The van der Waals surface area contributed by atoms with Gasteiger partial charge in [-0.25, -0.2) is 0 Å². The monoisotopic (exact) mass is 184 g/mol. The normalized spacial score (nSPS) is 15.5. The number of hydrogen-bond donors (Lipinski definition) is 0. The molecule has 0 radical (unpaired) electrons. The third kappa shape index (κ3) is 4.71. The van der Waals surface area contributed by atoms with Crippen LogP contribution in [0.5, 0.6) is 0 Å². The molecule has 0 aromatic rings. The van der Waals surface area contributed by atoms with Crippen molar-refractivity contribution in [2.24, 2.45) is 0 Å². The molecule has 1 nitrogen and oxygen atoms in total. The molecule has 0 N–H and O–H groups in total. The van der Waals surface area contributed by atoms with E-state index < -0.39 is 0 Å². The van der Waals surface area contributed by atoms with Crippen LogP contribution in [0.25, 0.3) is 0 Å². The minimum Gasteiger partial charge on any atom is -0.438 e.